The summed E-state index contributed by atoms with van der Waals surface area (Å²) >= 11 is 0. The Balaban J connectivity index is 1.81. The highest BCUT2D eigenvalue weighted by Crippen LogP contribution is 2.22. The minimum Gasteiger partial charge on any atom is -0.337 e. The van der Waals surface area contributed by atoms with E-state index in [4.69, 9.17) is 5.26 Å². The number of hydrogen-bond acceptors (Lipinski definition) is 3. The van der Waals surface area contributed by atoms with Crippen LogP contribution >= 0.6 is 0 Å². The van der Waals surface area contributed by atoms with Crippen LogP contribution < -0.4 is 0 Å². The predicted molar refractivity (Wildman–Crippen MR) is 76.2 cm³/mol. The first-order valence-electron chi connectivity index (χ1n) is 7.41. The lowest BCUT2D eigenvalue weighted by atomic mass is 10.1. The average Bonchev–Trinajstić information content (AvgIpc) is 2.83. The summed E-state index contributed by atoms with van der Waals surface area (Å²) in [5.41, 5.74) is 0.466. The van der Waals surface area contributed by atoms with E-state index >= 15 is 0 Å². The van der Waals surface area contributed by atoms with Crippen LogP contribution in [0, 0.1) is 17.1 Å². The van der Waals surface area contributed by atoms with Crippen molar-refractivity contribution in [2.24, 2.45) is 0 Å². The highest BCUT2D eigenvalue weighted by molar-refractivity contribution is 5.94. The van der Waals surface area contributed by atoms with Crippen LogP contribution in [0.3, 0.4) is 0 Å². The maximum absolute atomic E-state index is 13.5. The number of benzene rings is 1. The summed E-state index contributed by atoms with van der Waals surface area (Å²) in [5.74, 6) is -0.700. The topological polar surface area (TPSA) is 47.3 Å². The van der Waals surface area contributed by atoms with Gasteiger partial charge in [-0.25, -0.2) is 4.39 Å². The summed E-state index contributed by atoms with van der Waals surface area (Å²) in [7, 11) is 0. The minimum atomic E-state index is -0.533. The van der Waals surface area contributed by atoms with E-state index in [0.717, 1.165) is 32.0 Å². The van der Waals surface area contributed by atoms with Crippen LogP contribution in [0.1, 0.15) is 35.2 Å². The molecule has 5 heteroatoms. The zero-order valence-electron chi connectivity index (χ0n) is 11.9. The monoisotopic (exact) mass is 287 g/mol. The van der Waals surface area contributed by atoms with E-state index in [1.165, 1.54) is 18.6 Å². The van der Waals surface area contributed by atoms with Crippen molar-refractivity contribution in [3.63, 3.8) is 0 Å². The van der Waals surface area contributed by atoms with E-state index in [9.17, 15) is 9.18 Å². The zero-order chi connectivity index (χ0) is 14.8. The van der Waals surface area contributed by atoms with Gasteiger partial charge in [0.2, 0.25) is 0 Å². The molecule has 2 saturated heterocycles. The van der Waals surface area contributed by atoms with Crippen LogP contribution in [-0.4, -0.2) is 47.9 Å². The SMILES string of the molecule is N#Cc1cc(F)cc(C(=O)N2CCCN3CCC[C@H]3C2)c1. The standard InChI is InChI=1S/C16H18FN3O/c17-14-8-12(10-18)7-13(9-14)16(21)20-6-2-5-19-4-1-3-15(19)11-20/h7-9,15H,1-6,11H2/t15-/m0/s1. The van der Waals surface area contributed by atoms with Crippen LogP contribution in [-0.2, 0) is 0 Å². The molecule has 21 heavy (non-hydrogen) atoms. The van der Waals surface area contributed by atoms with Gasteiger partial charge in [-0.05, 0) is 44.0 Å². The number of hydrogen-bond donors (Lipinski definition) is 0. The maximum Gasteiger partial charge on any atom is 0.254 e. The van der Waals surface area contributed by atoms with Gasteiger partial charge in [0.25, 0.3) is 5.91 Å². The molecule has 1 aromatic carbocycles. The molecule has 0 N–H and O–H groups in total. The summed E-state index contributed by atoms with van der Waals surface area (Å²) in [6.45, 7) is 3.55. The van der Waals surface area contributed by atoms with E-state index in [-0.39, 0.29) is 17.0 Å². The molecule has 0 radical (unpaired) electrons. The lowest BCUT2D eigenvalue weighted by molar-refractivity contribution is 0.0743. The molecule has 0 aromatic heterocycles. The fourth-order valence-corrected chi connectivity index (χ4v) is 3.35. The molecule has 0 saturated carbocycles. The van der Waals surface area contributed by atoms with Gasteiger partial charge in [-0.1, -0.05) is 0 Å². The molecule has 1 atom stereocenters. The Kier molecular flexibility index (Phi) is 3.89. The summed E-state index contributed by atoms with van der Waals surface area (Å²) in [6.07, 6.45) is 3.25. The summed E-state index contributed by atoms with van der Waals surface area (Å²) in [6, 6.07) is 6.18. The Hall–Kier alpha value is -1.93. The Morgan fingerprint density at radius 2 is 2.05 bits per heavy atom. The number of rotatable bonds is 1. The summed E-state index contributed by atoms with van der Waals surface area (Å²) < 4.78 is 13.5. The molecule has 4 nitrogen and oxygen atoms in total. The molecule has 0 aliphatic carbocycles. The van der Waals surface area contributed by atoms with Gasteiger partial charge in [0.15, 0.2) is 0 Å². The quantitative estimate of drug-likeness (QED) is 0.794. The van der Waals surface area contributed by atoms with Crippen LogP contribution in [0.4, 0.5) is 4.39 Å². The highest BCUT2D eigenvalue weighted by Gasteiger charge is 2.30. The number of carbonyl (C=O) groups excluding carboxylic acids is 1. The van der Waals surface area contributed by atoms with Crippen LogP contribution in [0.25, 0.3) is 0 Å². The Bertz CT molecular complexity index is 596. The first-order valence-corrected chi connectivity index (χ1v) is 7.41. The number of fused-ring (bicyclic) bond motifs is 1. The number of nitriles is 1. The van der Waals surface area contributed by atoms with E-state index in [2.05, 4.69) is 4.90 Å². The number of nitrogens with zero attached hydrogens (tertiary/aromatic N) is 3. The molecule has 1 aromatic rings. The Morgan fingerprint density at radius 1 is 1.24 bits per heavy atom. The molecule has 2 heterocycles. The van der Waals surface area contributed by atoms with Gasteiger partial charge in [-0.3, -0.25) is 9.69 Å². The summed E-state index contributed by atoms with van der Waals surface area (Å²) in [4.78, 5) is 16.8. The predicted octanol–water partition coefficient (Wildman–Crippen LogP) is 2.01. The fraction of sp³-hybridized carbons (Fsp3) is 0.500. The van der Waals surface area contributed by atoms with Gasteiger partial charge < -0.3 is 4.90 Å². The second kappa shape index (κ2) is 5.82. The molecule has 0 bridgehead atoms. The number of halogens is 1. The molecular weight excluding hydrogens is 269 g/mol. The lowest BCUT2D eigenvalue weighted by Crippen LogP contribution is -2.39. The van der Waals surface area contributed by atoms with Gasteiger partial charge >= 0.3 is 0 Å². The zero-order valence-corrected chi connectivity index (χ0v) is 11.9. The Morgan fingerprint density at radius 3 is 2.86 bits per heavy atom. The summed E-state index contributed by atoms with van der Waals surface area (Å²) in [5, 5.41) is 8.90. The van der Waals surface area contributed by atoms with Gasteiger partial charge in [-0.2, -0.15) is 5.26 Å². The molecule has 2 aliphatic rings. The third-order valence-electron chi connectivity index (χ3n) is 4.36. The van der Waals surface area contributed by atoms with E-state index in [1.807, 2.05) is 11.0 Å². The number of amides is 1. The molecule has 2 aliphatic heterocycles. The molecule has 1 amide bonds. The van der Waals surface area contributed by atoms with Gasteiger partial charge in [0, 0.05) is 31.2 Å². The molecule has 0 unspecified atom stereocenters. The van der Waals surface area contributed by atoms with Crippen molar-refractivity contribution in [1.29, 1.82) is 5.26 Å². The molecule has 2 fully saturated rings. The van der Waals surface area contributed by atoms with Gasteiger partial charge in [-0.15, -0.1) is 0 Å². The van der Waals surface area contributed by atoms with Crippen LogP contribution in [0.5, 0.6) is 0 Å². The van der Waals surface area contributed by atoms with Crippen molar-refractivity contribution in [3.05, 3.63) is 35.1 Å². The van der Waals surface area contributed by atoms with Crippen molar-refractivity contribution < 1.29 is 9.18 Å². The normalized spacial score (nSPS) is 22.5. The minimum absolute atomic E-state index is 0.167. The third kappa shape index (κ3) is 2.91. The lowest BCUT2D eigenvalue weighted by Gasteiger charge is -2.25. The largest absolute Gasteiger partial charge is 0.337 e. The van der Waals surface area contributed by atoms with Crippen LogP contribution in [0.2, 0.25) is 0 Å². The van der Waals surface area contributed by atoms with Crippen molar-refractivity contribution in [2.75, 3.05) is 26.2 Å². The van der Waals surface area contributed by atoms with Gasteiger partial charge in [0.1, 0.15) is 5.82 Å². The molecule has 3 rings (SSSR count). The van der Waals surface area contributed by atoms with Crippen molar-refractivity contribution >= 4 is 5.91 Å². The fourth-order valence-electron chi connectivity index (χ4n) is 3.35. The average molecular weight is 287 g/mol. The van der Waals surface area contributed by atoms with Crippen molar-refractivity contribution in [2.45, 2.75) is 25.3 Å². The molecule has 110 valence electrons. The maximum atomic E-state index is 13.5. The number of carbonyl (C=O) groups is 1. The first-order chi connectivity index (χ1) is 10.2. The molecule has 0 spiro atoms. The van der Waals surface area contributed by atoms with Crippen molar-refractivity contribution in [1.82, 2.24) is 9.80 Å². The van der Waals surface area contributed by atoms with Gasteiger partial charge in [0.05, 0.1) is 11.6 Å². The second-order valence-corrected chi connectivity index (χ2v) is 5.78. The third-order valence-corrected chi connectivity index (χ3v) is 4.36. The highest BCUT2D eigenvalue weighted by atomic mass is 19.1. The van der Waals surface area contributed by atoms with E-state index in [1.54, 1.807) is 0 Å². The van der Waals surface area contributed by atoms with Crippen LogP contribution in [0.15, 0.2) is 18.2 Å². The first kappa shape index (κ1) is 14.0. The van der Waals surface area contributed by atoms with Crippen molar-refractivity contribution in [3.8, 4) is 6.07 Å². The molecular formula is C16H18FN3O. The second-order valence-electron chi connectivity index (χ2n) is 5.78. The van der Waals surface area contributed by atoms with E-state index < -0.39 is 5.82 Å². The van der Waals surface area contributed by atoms with E-state index in [0.29, 0.717) is 19.1 Å². The Labute approximate surface area is 123 Å². The smallest absolute Gasteiger partial charge is 0.254 e.